The van der Waals surface area contributed by atoms with Crippen molar-refractivity contribution in [2.45, 2.75) is 113 Å². The van der Waals surface area contributed by atoms with Crippen LogP contribution in [0.15, 0.2) is 48.7 Å². The number of hydrogen-bond donors (Lipinski definition) is 3. The van der Waals surface area contributed by atoms with Crippen LogP contribution in [-0.4, -0.2) is 77.5 Å². The average molecular weight is 623 g/mol. The second-order valence-corrected chi connectivity index (χ2v) is 13.9. The van der Waals surface area contributed by atoms with Crippen molar-refractivity contribution in [3.63, 3.8) is 0 Å². The number of pyridine rings is 1. The maximum Gasteiger partial charge on any atom is 0.248 e. The summed E-state index contributed by atoms with van der Waals surface area (Å²) in [6, 6.07) is 16.0. The molecule has 3 unspecified atom stereocenters. The zero-order valence-electron chi connectivity index (χ0n) is 26.7. The zero-order chi connectivity index (χ0) is 31.2. The van der Waals surface area contributed by atoms with Crippen molar-refractivity contribution in [3.05, 3.63) is 65.5 Å². The van der Waals surface area contributed by atoms with Gasteiger partial charge in [0.15, 0.2) is 0 Å². The van der Waals surface area contributed by atoms with E-state index in [2.05, 4.69) is 44.7 Å². The first-order valence-corrected chi connectivity index (χ1v) is 17.5. The Morgan fingerprint density at radius 2 is 1.91 bits per heavy atom. The van der Waals surface area contributed by atoms with Crippen molar-refractivity contribution < 1.29 is 13.6 Å². The van der Waals surface area contributed by atoms with E-state index < -0.39 is 5.92 Å². The number of unbranched alkanes of at least 4 members (excludes halogenated alkanes) is 1. The lowest BCUT2D eigenvalue weighted by molar-refractivity contribution is -0.130. The zero-order valence-corrected chi connectivity index (χ0v) is 26.7. The minimum atomic E-state index is -2.63. The number of hydrogen-bond acceptors (Lipinski definition) is 6. The molecule has 5 atom stereocenters. The number of halogens is 2. The van der Waals surface area contributed by atoms with Crippen LogP contribution in [0, 0.1) is 5.92 Å². The van der Waals surface area contributed by atoms with Crippen LogP contribution < -0.4 is 16.4 Å². The normalized spacial score (nSPS) is 27.3. The summed E-state index contributed by atoms with van der Waals surface area (Å²) in [4.78, 5) is 23.6. The maximum atomic E-state index is 13.8. The summed E-state index contributed by atoms with van der Waals surface area (Å²) in [6.07, 6.45) is 10.8. The summed E-state index contributed by atoms with van der Waals surface area (Å²) in [5, 5.41) is 7.23. The molecule has 3 heterocycles. The SMILES string of the molecule is NCCCCN(C[C@H]1NCC2CCC1N2CC[C@@H](NC(=O)C1CCC(F)(F)CC1)c1ccccc1)C1CCCc2cccnc21. The summed E-state index contributed by atoms with van der Waals surface area (Å²) in [5.74, 6) is -3.04. The van der Waals surface area contributed by atoms with Gasteiger partial charge in [-0.15, -0.1) is 0 Å². The molecule has 0 spiro atoms. The van der Waals surface area contributed by atoms with Gasteiger partial charge in [-0.2, -0.15) is 0 Å². The number of fused-ring (bicyclic) bond motifs is 3. The standard InChI is InChI=1S/C36H52F2N6O/c37-36(38)18-15-28(16-19-36)35(45)42-30(26-8-2-1-3-9-26)17-23-44-29-13-14-32(44)31(41-24-29)25-43(22-5-4-20-39)33-12-6-10-27-11-7-21-40-34(27)33/h1-3,7-9,11,21,28-33,41H,4-6,10,12-20,22-25,39H2,(H,42,45)/t29?,30-,31-,32?,33?/m1/s1. The molecule has 7 nitrogen and oxygen atoms in total. The number of alkyl halides is 2. The van der Waals surface area contributed by atoms with Crippen LogP contribution in [0.3, 0.4) is 0 Å². The van der Waals surface area contributed by atoms with Crippen molar-refractivity contribution in [2.75, 3.05) is 32.7 Å². The number of aromatic nitrogens is 1. The number of piperazine rings is 1. The molecule has 2 bridgehead atoms. The van der Waals surface area contributed by atoms with Crippen LogP contribution in [0.2, 0.25) is 0 Å². The lowest BCUT2D eigenvalue weighted by Crippen LogP contribution is -2.61. The minimum Gasteiger partial charge on any atom is -0.349 e. The van der Waals surface area contributed by atoms with E-state index in [0.29, 0.717) is 24.2 Å². The van der Waals surface area contributed by atoms with Crippen LogP contribution in [0.5, 0.6) is 0 Å². The van der Waals surface area contributed by atoms with Crippen molar-refractivity contribution >= 4 is 5.91 Å². The highest BCUT2D eigenvalue weighted by Crippen LogP contribution is 2.38. The Balaban J connectivity index is 1.13. The van der Waals surface area contributed by atoms with E-state index in [4.69, 9.17) is 10.7 Å². The molecule has 2 aromatic rings. The van der Waals surface area contributed by atoms with Gasteiger partial charge in [-0.3, -0.25) is 19.6 Å². The molecular formula is C36H52F2N6O. The Morgan fingerprint density at radius 1 is 1.09 bits per heavy atom. The Labute approximate surface area is 267 Å². The lowest BCUT2D eigenvalue weighted by Gasteiger charge is -2.45. The topological polar surface area (TPSA) is 86.5 Å². The monoisotopic (exact) mass is 622 g/mol. The number of rotatable bonds is 13. The molecule has 2 aliphatic carbocycles. The van der Waals surface area contributed by atoms with Gasteiger partial charge in [-0.05, 0) is 94.5 Å². The van der Waals surface area contributed by atoms with E-state index in [1.807, 2.05) is 24.4 Å². The van der Waals surface area contributed by atoms with E-state index in [9.17, 15) is 13.6 Å². The second-order valence-electron chi connectivity index (χ2n) is 13.9. The molecule has 2 saturated heterocycles. The number of nitrogens with two attached hydrogens (primary N) is 1. The highest BCUT2D eigenvalue weighted by atomic mass is 19.3. The van der Waals surface area contributed by atoms with Crippen molar-refractivity contribution in [1.82, 2.24) is 25.4 Å². The third-order valence-electron chi connectivity index (χ3n) is 11.0. The van der Waals surface area contributed by atoms with Crippen LogP contribution in [0.25, 0.3) is 0 Å². The molecule has 246 valence electrons. The molecular weight excluding hydrogens is 570 g/mol. The van der Waals surface area contributed by atoms with Gasteiger partial charge in [-0.1, -0.05) is 36.4 Å². The highest BCUT2D eigenvalue weighted by Gasteiger charge is 2.44. The predicted molar refractivity (Wildman–Crippen MR) is 174 cm³/mol. The van der Waals surface area contributed by atoms with Crippen LogP contribution >= 0.6 is 0 Å². The van der Waals surface area contributed by atoms with Gasteiger partial charge in [-0.25, -0.2) is 8.78 Å². The maximum absolute atomic E-state index is 13.8. The Hall–Kier alpha value is -2.46. The molecule has 1 aromatic heterocycles. The highest BCUT2D eigenvalue weighted by molar-refractivity contribution is 5.79. The van der Waals surface area contributed by atoms with Gasteiger partial charge >= 0.3 is 0 Å². The molecule has 9 heteroatoms. The third kappa shape index (κ3) is 7.92. The fourth-order valence-electron chi connectivity index (χ4n) is 8.48. The van der Waals surface area contributed by atoms with E-state index in [0.717, 1.165) is 70.4 Å². The number of carbonyl (C=O) groups is 1. The number of nitrogens with one attached hydrogen (secondary N) is 2. The fourth-order valence-corrected chi connectivity index (χ4v) is 8.48. The summed E-state index contributed by atoms with van der Waals surface area (Å²) >= 11 is 0. The molecule has 4 aliphatic rings. The smallest absolute Gasteiger partial charge is 0.248 e. The number of benzene rings is 1. The number of aryl methyl sites for hydroxylation is 1. The molecule has 2 aliphatic heterocycles. The Bertz CT molecular complexity index is 1240. The third-order valence-corrected chi connectivity index (χ3v) is 11.0. The Kier molecular flexibility index (Phi) is 10.8. The van der Waals surface area contributed by atoms with E-state index >= 15 is 0 Å². The first-order chi connectivity index (χ1) is 21.9. The van der Waals surface area contributed by atoms with Gasteiger partial charge in [0.1, 0.15) is 0 Å². The largest absolute Gasteiger partial charge is 0.349 e. The quantitative estimate of drug-likeness (QED) is 0.260. The van der Waals surface area contributed by atoms with Gasteiger partial charge in [0.2, 0.25) is 11.8 Å². The molecule has 6 rings (SSSR count). The average Bonchev–Trinajstić information content (AvgIpc) is 3.35. The summed E-state index contributed by atoms with van der Waals surface area (Å²) < 4.78 is 27.6. The number of amides is 1. The van der Waals surface area contributed by atoms with Gasteiger partial charge in [0.25, 0.3) is 0 Å². The first kappa shape index (κ1) is 32.5. The fraction of sp³-hybridized carbons (Fsp3) is 0.667. The number of carbonyl (C=O) groups excluding carboxylic acids is 1. The molecule has 1 aromatic carbocycles. The van der Waals surface area contributed by atoms with Crippen molar-refractivity contribution in [2.24, 2.45) is 11.7 Å². The van der Waals surface area contributed by atoms with Gasteiger partial charge < -0.3 is 16.4 Å². The minimum absolute atomic E-state index is 0.0741. The second kappa shape index (κ2) is 15.0. The Morgan fingerprint density at radius 3 is 2.71 bits per heavy atom. The summed E-state index contributed by atoms with van der Waals surface area (Å²) in [7, 11) is 0. The van der Waals surface area contributed by atoms with Crippen LogP contribution in [0.4, 0.5) is 8.78 Å². The van der Waals surface area contributed by atoms with Gasteiger partial charge in [0, 0.05) is 62.7 Å². The van der Waals surface area contributed by atoms with E-state index in [1.54, 1.807) is 0 Å². The first-order valence-electron chi connectivity index (χ1n) is 17.5. The van der Waals surface area contributed by atoms with E-state index in [-0.39, 0.29) is 43.6 Å². The summed E-state index contributed by atoms with van der Waals surface area (Å²) in [6.45, 7) is 4.62. The van der Waals surface area contributed by atoms with Crippen LogP contribution in [0.1, 0.15) is 99.5 Å². The van der Waals surface area contributed by atoms with Crippen molar-refractivity contribution in [3.8, 4) is 0 Å². The molecule has 45 heavy (non-hydrogen) atoms. The molecule has 0 radical (unpaired) electrons. The van der Waals surface area contributed by atoms with Crippen molar-refractivity contribution in [1.29, 1.82) is 0 Å². The molecule has 3 fully saturated rings. The van der Waals surface area contributed by atoms with Crippen LogP contribution in [-0.2, 0) is 11.2 Å². The lowest BCUT2D eigenvalue weighted by atomic mass is 9.86. The predicted octanol–water partition coefficient (Wildman–Crippen LogP) is 5.38. The molecule has 1 saturated carbocycles. The summed E-state index contributed by atoms with van der Waals surface area (Å²) in [5.41, 5.74) is 9.64. The molecule has 1 amide bonds. The molecule has 4 N–H and O–H groups in total. The van der Waals surface area contributed by atoms with E-state index in [1.165, 1.54) is 30.5 Å². The van der Waals surface area contributed by atoms with Gasteiger partial charge in [0.05, 0.1) is 17.8 Å². The number of nitrogens with zero attached hydrogens (tertiary/aromatic N) is 3.